The third-order valence-corrected chi connectivity index (χ3v) is 4.09. The fourth-order valence-corrected chi connectivity index (χ4v) is 2.86. The van der Waals surface area contributed by atoms with Gasteiger partial charge in [-0.15, -0.1) is 0 Å². The van der Waals surface area contributed by atoms with Gasteiger partial charge in [-0.05, 0) is 35.7 Å². The Labute approximate surface area is 129 Å². The first-order valence-electron chi connectivity index (χ1n) is 7.35. The van der Waals surface area contributed by atoms with Crippen molar-refractivity contribution in [1.29, 1.82) is 0 Å². The highest BCUT2D eigenvalue weighted by molar-refractivity contribution is 6.10. The lowest BCUT2D eigenvalue weighted by molar-refractivity contribution is -0.138. The average Bonchev–Trinajstić information content (AvgIpc) is 2.94. The van der Waals surface area contributed by atoms with Crippen molar-refractivity contribution >= 4 is 17.6 Å². The number of aryl methyl sites for hydroxylation is 1. The molecule has 22 heavy (non-hydrogen) atoms. The van der Waals surface area contributed by atoms with Gasteiger partial charge < -0.3 is 5.11 Å². The number of nitrogens with zero attached hydrogens (tertiary/aromatic N) is 1. The molecule has 1 amide bonds. The second kappa shape index (κ2) is 5.64. The van der Waals surface area contributed by atoms with Gasteiger partial charge in [-0.2, -0.15) is 0 Å². The number of rotatable bonds is 3. The molecular formula is C18H17NO3. The molecule has 0 spiro atoms. The van der Waals surface area contributed by atoms with E-state index < -0.39 is 12.0 Å². The normalized spacial score (nSPS) is 16.4. The van der Waals surface area contributed by atoms with Gasteiger partial charge in [-0.1, -0.05) is 37.3 Å². The smallest absolute Gasteiger partial charge is 0.327 e. The maximum absolute atomic E-state index is 12.8. The second-order valence-electron chi connectivity index (χ2n) is 5.41. The molecule has 112 valence electrons. The zero-order valence-electron chi connectivity index (χ0n) is 12.3. The second-order valence-corrected chi connectivity index (χ2v) is 5.41. The Hall–Kier alpha value is -2.62. The Bertz CT molecular complexity index is 721. The van der Waals surface area contributed by atoms with Crippen molar-refractivity contribution < 1.29 is 14.7 Å². The van der Waals surface area contributed by atoms with Crippen molar-refractivity contribution in [2.75, 3.05) is 4.90 Å². The molecule has 0 aliphatic carbocycles. The Morgan fingerprint density at radius 2 is 1.82 bits per heavy atom. The standard InChI is InChI=1S/C18H17NO3/c1-2-12-7-9-13(10-8-12)17(20)19-15-6-4-3-5-14(15)11-16(19)18(21)22/h3-10,16H,2,11H2,1H3,(H,21,22). The first-order chi connectivity index (χ1) is 10.6. The number of benzene rings is 2. The van der Waals surface area contributed by atoms with Gasteiger partial charge in [0.25, 0.3) is 5.91 Å². The number of hydrogen-bond donors (Lipinski definition) is 1. The summed E-state index contributed by atoms with van der Waals surface area (Å²) in [5.74, 6) is -1.24. The van der Waals surface area contributed by atoms with Gasteiger partial charge >= 0.3 is 5.97 Å². The first kappa shape index (κ1) is 14.3. The molecule has 2 aromatic carbocycles. The van der Waals surface area contributed by atoms with Crippen LogP contribution in [0.1, 0.15) is 28.4 Å². The van der Waals surface area contributed by atoms with E-state index in [1.54, 1.807) is 18.2 Å². The van der Waals surface area contributed by atoms with Crippen LogP contribution in [-0.4, -0.2) is 23.0 Å². The third kappa shape index (κ3) is 2.37. The van der Waals surface area contributed by atoms with Crippen molar-refractivity contribution in [1.82, 2.24) is 0 Å². The van der Waals surface area contributed by atoms with E-state index in [-0.39, 0.29) is 5.91 Å². The minimum absolute atomic E-state index is 0.264. The quantitative estimate of drug-likeness (QED) is 0.947. The predicted octanol–water partition coefficient (Wildman–Crippen LogP) is 2.91. The number of hydrogen-bond acceptors (Lipinski definition) is 2. The van der Waals surface area contributed by atoms with Gasteiger partial charge in [0.15, 0.2) is 0 Å². The summed E-state index contributed by atoms with van der Waals surface area (Å²) in [5.41, 5.74) is 3.25. The molecule has 1 heterocycles. The maximum atomic E-state index is 12.8. The first-order valence-corrected chi connectivity index (χ1v) is 7.35. The van der Waals surface area contributed by atoms with Crippen LogP contribution in [0.25, 0.3) is 0 Å². The number of amides is 1. The van der Waals surface area contributed by atoms with Crippen LogP contribution in [0.15, 0.2) is 48.5 Å². The summed E-state index contributed by atoms with van der Waals surface area (Å²) >= 11 is 0. The molecular weight excluding hydrogens is 278 g/mol. The molecule has 0 fully saturated rings. The molecule has 2 aromatic rings. The molecule has 1 aliphatic heterocycles. The summed E-state index contributed by atoms with van der Waals surface area (Å²) in [6.45, 7) is 2.05. The fraction of sp³-hybridized carbons (Fsp3) is 0.222. The van der Waals surface area contributed by atoms with Gasteiger partial charge in [0, 0.05) is 17.7 Å². The molecule has 0 saturated carbocycles. The predicted molar refractivity (Wildman–Crippen MR) is 84.2 cm³/mol. The van der Waals surface area contributed by atoms with E-state index in [9.17, 15) is 14.7 Å². The van der Waals surface area contributed by atoms with Crippen molar-refractivity contribution in [3.05, 3.63) is 65.2 Å². The van der Waals surface area contributed by atoms with Crippen molar-refractivity contribution in [3.8, 4) is 0 Å². The van der Waals surface area contributed by atoms with Crippen LogP contribution < -0.4 is 4.90 Å². The number of carbonyl (C=O) groups excluding carboxylic acids is 1. The van der Waals surface area contributed by atoms with Gasteiger partial charge in [0.1, 0.15) is 6.04 Å². The van der Waals surface area contributed by atoms with E-state index in [4.69, 9.17) is 0 Å². The summed E-state index contributed by atoms with van der Waals surface area (Å²) < 4.78 is 0. The number of carboxylic acid groups (broad SMARTS) is 1. The van der Waals surface area contributed by atoms with Crippen molar-refractivity contribution in [2.24, 2.45) is 0 Å². The number of para-hydroxylation sites is 1. The van der Waals surface area contributed by atoms with Crippen molar-refractivity contribution in [3.63, 3.8) is 0 Å². The fourth-order valence-electron chi connectivity index (χ4n) is 2.86. The van der Waals surface area contributed by atoms with Crippen molar-refractivity contribution in [2.45, 2.75) is 25.8 Å². The number of carbonyl (C=O) groups is 2. The number of aliphatic carboxylic acids is 1. The molecule has 3 rings (SSSR count). The summed E-state index contributed by atoms with van der Waals surface area (Å²) in [4.78, 5) is 25.7. The highest BCUT2D eigenvalue weighted by Gasteiger charge is 2.38. The van der Waals surface area contributed by atoms with E-state index in [0.717, 1.165) is 17.5 Å². The molecule has 1 unspecified atom stereocenters. The Balaban J connectivity index is 1.99. The minimum atomic E-state index is -0.977. The van der Waals surface area contributed by atoms with E-state index in [0.29, 0.717) is 17.7 Å². The molecule has 0 radical (unpaired) electrons. The number of anilines is 1. The van der Waals surface area contributed by atoms with Gasteiger partial charge in [0.05, 0.1) is 0 Å². The molecule has 0 saturated heterocycles. The van der Waals surface area contributed by atoms with Crippen LogP contribution >= 0.6 is 0 Å². The molecule has 0 aromatic heterocycles. The Morgan fingerprint density at radius 3 is 2.45 bits per heavy atom. The zero-order valence-corrected chi connectivity index (χ0v) is 12.3. The summed E-state index contributed by atoms with van der Waals surface area (Å²) in [5, 5.41) is 9.44. The van der Waals surface area contributed by atoms with Crippen LogP contribution in [0.5, 0.6) is 0 Å². The molecule has 1 atom stereocenters. The van der Waals surface area contributed by atoms with Crippen LogP contribution in [0.3, 0.4) is 0 Å². The Morgan fingerprint density at radius 1 is 1.14 bits per heavy atom. The van der Waals surface area contributed by atoms with E-state index in [1.807, 2.05) is 37.3 Å². The largest absolute Gasteiger partial charge is 0.480 e. The van der Waals surface area contributed by atoms with E-state index >= 15 is 0 Å². The summed E-state index contributed by atoms with van der Waals surface area (Å²) in [7, 11) is 0. The Kier molecular flexibility index (Phi) is 3.67. The number of carboxylic acids is 1. The highest BCUT2D eigenvalue weighted by atomic mass is 16.4. The molecule has 4 heteroatoms. The highest BCUT2D eigenvalue weighted by Crippen LogP contribution is 2.33. The third-order valence-electron chi connectivity index (χ3n) is 4.09. The van der Waals surface area contributed by atoms with Crippen LogP contribution in [0, 0.1) is 0 Å². The lowest BCUT2D eigenvalue weighted by Gasteiger charge is -2.22. The van der Waals surface area contributed by atoms with Gasteiger partial charge in [0.2, 0.25) is 0 Å². The molecule has 1 N–H and O–H groups in total. The maximum Gasteiger partial charge on any atom is 0.327 e. The monoisotopic (exact) mass is 295 g/mol. The minimum Gasteiger partial charge on any atom is -0.480 e. The zero-order chi connectivity index (χ0) is 15.7. The average molecular weight is 295 g/mol. The topological polar surface area (TPSA) is 57.6 Å². The molecule has 4 nitrogen and oxygen atoms in total. The van der Waals surface area contributed by atoms with E-state index in [2.05, 4.69) is 0 Å². The lowest BCUT2D eigenvalue weighted by atomic mass is 10.1. The summed E-state index contributed by atoms with van der Waals surface area (Å²) in [6.07, 6.45) is 1.25. The SMILES string of the molecule is CCc1ccc(C(=O)N2c3ccccc3CC2C(=O)O)cc1. The van der Waals surface area contributed by atoms with Crippen LogP contribution in [0.2, 0.25) is 0 Å². The van der Waals surface area contributed by atoms with Crippen LogP contribution in [0.4, 0.5) is 5.69 Å². The van der Waals surface area contributed by atoms with E-state index in [1.165, 1.54) is 4.90 Å². The van der Waals surface area contributed by atoms with Crippen LogP contribution in [-0.2, 0) is 17.6 Å². The summed E-state index contributed by atoms with van der Waals surface area (Å²) in [6, 6.07) is 13.9. The lowest BCUT2D eigenvalue weighted by Crippen LogP contribution is -2.42. The number of fused-ring (bicyclic) bond motifs is 1. The van der Waals surface area contributed by atoms with Gasteiger partial charge in [-0.25, -0.2) is 4.79 Å². The molecule has 1 aliphatic rings. The van der Waals surface area contributed by atoms with Gasteiger partial charge in [-0.3, -0.25) is 9.69 Å². The molecule has 0 bridgehead atoms.